The van der Waals surface area contributed by atoms with Crippen LogP contribution in [-0.4, -0.2) is 121 Å². The largest absolute Gasteiger partial charge is 0.493 e. The Bertz CT molecular complexity index is 3800. The molecule has 6 aromatic carbocycles. The van der Waals surface area contributed by atoms with Crippen LogP contribution in [0.3, 0.4) is 0 Å². The number of ether oxygens (including phenoxy) is 6. The van der Waals surface area contributed by atoms with Crippen molar-refractivity contribution >= 4 is 11.6 Å². The van der Waals surface area contributed by atoms with E-state index in [9.17, 15) is 54.9 Å². The van der Waals surface area contributed by atoms with Crippen molar-refractivity contribution in [3.63, 3.8) is 0 Å². The maximum atomic E-state index is 15.0. The third-order valence-corrected chi connectivity index (χ3v) is 17.6. The number of carbonyl (C=O) groups is 2. The number of hydrogen-bond acceptors (Lipinski definition) is 16. The first-order valence-electron chi connectivity index (χ1n) is 31.5. The summed E-state index contributed by atoms with van der Waals surface area (Å²) in [6.07, 6.45) is -13.9. The van der Waals surface area contributed by atoms with E-state index < -0.39 is 94.7 Å². The van der Waals surface area contributed by atoms with Crippen LogP contribution in [0, 0.1) is 11.6 Å². The molecule has 0 unspecified atom stereocenters. The minimum absolute atomic E-state index is 0.0181. The third-order valence-electron chi connectivity index (χ3n) is 17.6. The number of hydrogen-bond donors (Lipinski definition) is 6. The van der Waals surface area contributed by atoms with Crippen molar-refractivity contribution in [1.82, 2.24) is 20.6 Å². The molecule has 10 rings (SSSR count). The van der Waals surface area contributed by atoms with Crippen LogP contribution in [0.1, 0.15) is 120 Å². The first-order valence-corrected chi connectivity index (χ1v) is 31.5. The Labute approximate surface area is 561 Å². The zero-order chi connectivity index (χ0) is 70.8. The number of pyridine rings is 2. The number of rotatable bonds is 28. The number of ketones is 2. The van der Waals surface area contributed by atoms with Crippen LogP contribution in [-0.2, 0) is 22.0 Å². The summed E-state index contributed by atoms with van der Waals surface area (Å²) in [6.45, 7) is 7.92. The van der Waals surface area contributed by atoms with Gasteiger partial charge in [0.2, 0.25) is 11.2 Å². The Morgan fingerprint density at radius 3 is 1.21 bits per heavy atom. The van der Waals surface area contributed by atoms with E-state index in [4.69, 9.17) is 38.6 Å². The summed E-state index contributed by atoms with van der Waals surface area (Å²) < 4.78 is 151. The summed E-state index contributed by atoms with van der Waals surface area (Å²) in [4.78, 5) is 35.0. The highest BCUT2D eigenvalue weighted by atomic mass is 19.4. The Balaban J connectivity index is 0.000000229. The van der Waals surface area contributed by atoms with Crippen molar-refractivity contribution in [1.29, 1.82) is 0 Å². The maximum Gasteiger partial charge on any atom is 0.422 e. The standard InChI is InChI=1S/2C37H38F4N2O6/c2*1-23(24-7-5-4-6-8-24)42-21-35(2)22-49-34-28(35)20-32(43-33(34)25-9-12-27(38)13-10-25)36(46,37(39,40)41)16-15-29(45)26-11-14-30(48-18-17-44)31(19-26)47-3/h2*4-14,19-20,23,42,44,46H,15-18,21-22H2,1-3H3/t23-,35-,36+;23-,35-,36-/m00/s1. The van der Waals surface area contributed by atoms with Gasteiger partial charge in [-0.25, -0.2) is 18.7 Å². The SMILES string of the molecule is COc1cc(C(=O)CC[C@@](O)(c2cc3c(c(-c4ccc(F)cc4)n2)OC[C@]3(C)CN[C@@H](C)c2ccccc2)C(F)(F)F)ccc1OCCO.COc1cc(C(=O)CC[C@](O)(c2cc3c(c(-c4ccc(F)cc4)n2)OC[C@]3(C)CN[C@@H](C)c2ccccc2)C(F)(F)F)ccc1OCCO. The number of methoxy groups -OCH3 is 2. The smallest absolute Gasteiger partial charge is 0.422 e. The number of carbonyl (C=O) groups excluding carboxylic acids is 2. The van der Waals surface area contributed by atoms with Crippen LogP contribution < -0.4 is 39.1 Å². The van der Waals surface area contributed by atoms with Gasteiger partial charge in [-0.3, -0.25) is 9.59 Å². The van der Waals surface area contributed by atoms with Gasteiger partial charge in [-0.05, 0) is 135 Å². The van der Waals surface area contributed by atoms with Crippen LogP contribution >= 0.6 is 0 Å². The van der Waals surface area contributed by atoms with Crippen LogP contribution in [0.15, 0.2) is 158 Å². The first-order chi connectivity index (χ1) is 46.6. The molecule has 8 aromatic rings. The molecule has 98 heavy (non-hydrogen) atoms. The third kappa shape index (κ3) is 16.2. The van der Waals surface area contributed by atoms with Gasteiger partial charge in [0, 0.05) is 82.2 Å². The van der Waals surface area contributed by atoms with Crippen LogP contribution in [0.25, 0.3) is 22.5 Å². The van der Waals surface area contributed by atoms with Gasteiger partial charge in [-0.15, -0.1) is 0 Å². The minimum Gasteiger partial charge on any atom is -0.493 e. The molecule has 0 saturated heterocycles. The average Bonchev–Trinajstić information content (AvgIpc) is 1.41. The number of aliphatic hydroxyl groups is 4. The number of fused-ring (bicyclic) bond motifs is 2. The quantitative estimate of drug-likeness (QED) is 0.0198. The molecule has 0 saturated carbocycles. The highest BCUT2D eigenvalue weighted by Crippen LogP contribution is 2.52. The predicted molar refractivity (Wildman–Crippen MR) is 349 cm³/mol. The van der Waals surface area contributed by atoms with Gasteiger partial charge in [0.1, 0.15) is 47.7 Å². The zero-order valence-electron chi connectivity index (χ0n) is 54.6. The number of Topliss-reactive ketones (excluding diaryl/α,β-unsaturated/α-hetero) is 2. The van der Waals surface area contributed by atoms with E-state index in [2.05, 4.69) is 20.6 Å². The van der Waals surface area contributed by atoms with Crippen molar-refractivity contribution in [2.24, 2.45) is 0 Å². The summed E-state index contributed by atoms with van der Waals surface area (Å²) in [5, 5.41) is 48.0. The van der Waals surface area contributed by atoms with Crippen molar-refractivity contribution in [2.75, 3.05) is 67.0 Å². The number of nitrogens with one attached hydrogen (secondary N) is 2. The normalized spacial score (nSPS) is 17.5. The second-order valence-electron chi connectivity index (χ2n) is 24.6. The maximum absolute atomic E-state index is 15.0. The van der Waals surface area contributed by atoms with Gasteiger partial charge in [0.05, 0.1) is 52.0 Å². The lowest BCUT2D eigenvalue weighted by molar-refractivity contribution is -0.270. The topological polar surface area (TPSA) is 220 Å². The van der Waals surface area contributed by atoms with E-state index in [1.807, 2.05) is 88.4 Å². The number of halogens is 8. The van der Waals surface area contributed by atoms with Gasteiger partial charge in [0.25, 0.3) is 0 Å². The highest BCUT2D eigenvalue weighted by molar-refractivity contribution is 5.97. The molecule has 520 valence electrons. The molecule has 4 heterocycles. The minimum atomic E-state index is -5.23. The molecule has 0 bridgehead atoms. The Hall–Kier alpha value is -9.04. The lowest BCUT2D eigenvalue weighted by Crippen LogP contribution is -2.44. The van der Waals surface area contributed by atoms with Gasteiger partial charge < -0.3 is 59.5 Å². The van der Waals surface area contributed by atoms with Gasteiger partial charge in [-0.2, -0.15) is 26.3 Å². The molecule has 6 atom stereocenters. The molecule has 0 amide bonds. The molecule has 16 nitrogen and oxygen atoms in total. The molecule has 0 fully saturated rings. The molecule has 24 heteroatoms. The monoisotopic (exact) mass is 1360 g/mol. The van der Waals surface area contributed by atoms with E-state index in [1.165, 1.54) is 87.0 Å². The summed E-state index contributed by atoms with van der Waals surface area (Å²) in [5.41, 5.74) is -6.61. The molecular weight excluding hydrogens is 1290 g/mol. The number of benzene rings is 6. The number of aromatic nitrogens is 2. The lowest BCUT2D eigenvalue weighted by Gasteiger charge is -2.32. The predicted octanol–water partition coefficient (Wildman–Crippen LogP) is 13.4. The van der Waals surface area contributed by atoms with Gasteiger partial charge >= 0.3 is 12.4 Å². The number of alkyl halides is 6. The number of nitrogens with zero attached hydrogens (tertiary/aromatic N) is 2. The zero-order valence-corrected chi connectivity index (χ0v) is 54.6. The molecule has 0 spiro atoms. The van der Waals surface area contributed by atoms with Crippen LogP contribution in [0.2, 0.25) is 0 Å². The summed E-state index contributed by atoms with van der Waals surface area (Å²) in [6, 6.07) is 40.0. The molecule has 0 aliphatic carbocycles. The van der Waals surface area contributed by atoms with E-state index in [-0.39, 0.29) is 109 Å². The molecular formula is C74H76F8N4O12. The van der Waals surface area contributed by atoms with Crippen molar-refractivity contribution in [3.8, 4) is 57.0 Å². The Morgan fingerprint density at radius 2 is 0.888 bits per heavy atom. The molecule has 6 N–H and O–H groups in total. The second-order valence-corrected chi connectivity index (χ2v) is 24.6. The van der Waals surface area contributed by atoms with Crippen molar-refractivity contribution in [3.05, 3.63) is 214 Å². The molecule has 2 aliphatic rings. The lowest BCUT2D eigenvalue weighted by atomic mass is 9.81. The highest BCUT2D eigenvalue weighted by Gasteiger charge is 2.58. The molecule has 0 radical (unpaired) electrons. The van der Waals surface area contributed by atoms with E-state index in [1.54, 1.807) is 0 Å². The molecule has 2 aromatic heterocycles. The van der Waals surface area contributed by atoms with E-state index in [0.29, 0.717) is 35.3 Å². The van der Waals surface area contributed by atoms with E-state index in [0.717, 1.165) is 35.4 Å². The number of aliphatic hydroxyl groups excluding tert-OH is 2. The molecule has 2 aliphatic heterocycles. The van der Waals surface area contributed by atoms with Crippen LogP contribution in [0.5, 0.6) is 34.5 Å². The fraction of sp³-hybridized carbons (Fsp3) is 0.351. The van der Waals surface area contributed by atoms with Crippen molar-refractivity contribution in [2.45, 2.75) is 99.8 Å². The Kier molecular flexibility index (Phi) is 23.0. The Morgan fingerprint density at radius 1 is 0.531 bits per heavy atom. The van der Waals surface area contributed by atoms with Gasteiger partial charge in [-0.1, -0.05) is 74.5 Å². The van der Waals surface area contributed by atoms with E-state index >= 15 is 0 Å². The fourth-order valence-corrected chi connectivity index (χ4v) is 11.6. The second kappa shape index (κ2) is 30.8. The average molecular weight is 1370 g/mol. The summed E-state index contributed by atoms with van der Waals surface area (Å²) >= 11 is 0. The van der Waals surface area contributed by atoms with Crippen molar-refractivity contribution < 1.29 is 93.6 Å². The van der Waals surface area contributed by atoms with Gasteiger partial charge in [0.15, 0.2) is 34.6 Å². The summed E-state index contributed by atoms with van der Waals surface area (Å²) in [7, 11) is 2.68. The fourth-order valence-electron chi connectivity index (χ4n) is 11.6. The van der Waals surface area contributed by atoms with Crippen LogP contribution in [0.4, 0.5) is 35.1 Å². The first kappa shape index (κ1) is 73.2. The summed E-state index contributed by atoms with van der Waals surface area (Å²) in [5.74, 6) is -1.17.